The summed E-state index contributed by atoms with van der Waals surface area (Å²) in [6.07, 6.45) is 12.5. The Hall–Kier alpha value is -1.85. The van der Waals surface area contributed by atoms with Gasteiger partial charge in [0.15, 0.2) is 0 Å². The highest BCUT2D eigenvalue weighted by Crippen LogP contribution is 2.50. The zero-order chi connectivity index (χ0) is 17.4. The summed E-state index contributed by atoms with van der Waals surface area (Å²) in [5.41, 5.74) is 0.229. The third-order valence-corrected chi connectivity index (χ3v) is 6.41. The van der Waals surface area contributed by atoms with Crippen molar-refractivity contribution < 1.29 is 14.7 Å². The van der Waals surface area contributed by atoms with Crippen LogP contribution in [-0.4, -0.2) is 44.8 Å². The number of carboxylic acids is 1. The fourth-order valence-electron chi connectivity index (χ4n) is 4.82. The molecule has 2 heterocycles. The van der Waals surface area contributed by atoms with E-state index in [1.165, 1.54) is 38.3 Å². The van der Waals surface area contributed by atoms with Gasteiger partial charge in [0.05, 0.1) is 17.8 Å². The first-order chi connectivity index (χ1) is 12.1. The molecule has 1 aliphatic heterocycles. The smallest absolute Gasteiger partial charge is 0.338 e. The van der Waals surface area contributed by atoms with E-state index < -0.39 is 5.97 Å². The second kappa shape index (κ2) is 6.81. The lowest BCUT2D eigenvalue weighted by molar-refractivity contribution is -0.134. The number of hydrogen-bond donors (Lipinski definition) is 1. The zero-order valence-corrected chi connectivity index (χ0v) is 14.6. The molecule has 0 aromatic carbocycles. The number of rotatable bonds is 4. The minimum Gasteiger partial charge on any atom is -0.478 e. The number of aromatic carboxylic acids is 1. The maximum atomic E-state index is 12.8. The van der Waals surface area contributed by atoms with Crippen molar-refractivity contribution in [3.8, 4) is 0 Å². The van der Waals surface area contributed by atoms with E-state index in [0.29, 0.717) is 11.8 Å². The van der Waals surface area contributed by atoms with E-state index >= 15 is 0 Å². The van der Waals surface area contributed by atoms with Crippen LogP contribution in [0.3, 0.4) is 0 Å². The van der Waals surface area contributed by atoms with Gasteiger partial charge in [0, 0.05) is 25.2 Å². The molecule has 4 rings (SSSR count). The Kier molecular flexibility index (Phi) is 4.52. The summed E-state index contributed by atoms with van der Waals surface area (Å²) in [5.74, 6) is 1.14. The molecule has 1 N–H and O–H groups in total. The van der Waals surface area contributed by atoms with Crippen LogP contribution in [0.4, 0.5) is 0 Å². The van der Waals surface area contributed by atoms with Gasteiger partial charge in [-0.3, -0.25) is 9.48 Å². The lowest BCUT2D eigenvalue weighted by Crippen LogP contribution is -2.40. The molecule has 6 heteroatoms. The molecule has 3 aliphatic rings. The van der Waals surface area contributed by atoms with Crippen LogP contribution in [0.25, 0.3) is 0 Å². The van der Waals surface area contributed by atoms with Crippen molar-refractivity contribution in [1.82, 2.24) is 14.7 Å². The molecular weight excluding hydrogens is 318 g/mol. The van der Waals surface area contributed by atoms with Crippen LogP contribution in [0.1, 0.15) is 67.8 Å². The van der Waals surface area contributed by atoms with E-state index in [2.05, 4.69) is 5.10 Å². The van der Waals surface area contributed by atoms with Crippen molar-refractivity contribution in [2.75, 3.05) is 13.1 Å². The molecule has 25 heavy (non-hydrogen) atoms. The van der Waals surface area contributed by atoms with Crippen LogP contribution in [0.5, 0.6) is 0 Å². The predicted molar refractivity (Wildman–Crippen MR) is 92.2 cm³/mol. The molecule has 6 nitrogen and oxygen atoms in total. The number of hydrogen-bond acceptors (Lipinski definition) is 3. The van der Waals surface area contributed by atoms with Crippen molar-refractivity contribution in [3.05, 3.63) is 18.0 Å². The summed E-state index contributed by atoms with van der Waals surface area (Å²) in [7, 11) is 0. The number of aromatic nitrogens is 2. The van der Waals surface area contributed by atoms with Gasteiger partial charge in [0.1, 0.15) is 0 Å². The summed E-state index contributed by atoms with van der Waals surface area (Å²) >= 11 is 0. The summed E-state index contributed by atoms with van der Waals surface area (Å²) < 4.78 is 1.76. The van der Waals surface area contributed by atoms with Crippen molar-refractivity contribution >= 4 is 11.9 Å². The van der Waals surface area contributed by atoms with E-state index in [1.54, 1.807) is 10.9 Å². The second-order valence-electron chi connectivity index (χ2n) is 7.97. The minimum absolute atomic E-state index is 0.200. The molecule has 2 unspecified atom stereocenters. The van der Waals surface area contributed by atoms with Crippen molar-refractivity contribution in [2.45, 2.75) is 57.4 Å². The minimum atomic E-state index is -0.943. The van der Waals surface area contributed by atoms with Crippen LogP contribution >= 0.6 is 0 Å². The Morgan fingerprint density at radius 3 is 2.44 bits per heavy atom. The molecule has 1 saturated heterocycles. The lowest BCUT2D eigenvalue weighted by atomic mass is 9.85. The van der Waals surface area contributed by atoms with E-state index in [0.717, 1.165) is 38.3 Å². The Labute approximate surface area is 148 Å². The Bertz CT molecular complexity index is 642. The topological polar surface area (TPSA) is 75.4 Å². The first-order valence-corrected chi connectivity index (χ1v) is 9.69. The number of likely N-dealkylation sites (tertiary alicyclic amines) is 1. The molecular formula is C19H27N3O3. The van der Waals surface area contributed by atoms with Gasteiger partial charge < -0.3 is 10.0 Å². The molecule has 3 fully saturated rings. The molecule has 1 amide bonds. The fraction of sp³-hybridized carbons (Fsp3) is 0.737. The highest BCUT2D eigenvalue weighted by atomic mass is 16.4. The van der Waals surface area contributed by atoms with Gasteiger partial charge in [0.2, 0.25) is 5.91 Å². The fourth-order valence-corrected chi connectivity index (χ4v) is 4.82. The lowest BCUT2D eigenvalue weighted by Gasteiger charge is -2.32. The first-order valence-electron chi connectivity index (χ1n) is 9.69. The average molecular weight is 345 g/mol. The van der Waals surface area contributed by atoms with Crippen LogP contribution in [-0.2, 0) is 4.79 Å². The monoisotopic (exact) mass is 345 g/mol. The maximum absolute atomic E-state index is 12.8. The third-order valence-electron chi connectivity index (χ3n) is 6.41. The summed E-state index contributed by atoms with van der Waals surface area (Å²) in [5, 5.41) is 13.2. The van der Waals surface area contributed by atoms with Gasteiger partial charge in [-0.05, 0) is 31.1 Å². The van der Waals surface area contributed by atoms with E-state index in [-0.39, 0.29) is 17.5 Å². The molecule has 1 aromatic rings. The third kappa shape index (κ3) is 3.44. The SMILES string of the molecule is O=C(O)c1cnn(C2CCN(C(=O)C3CC3C3CCCCC3)CC2)c1. The maximum Gasteiger partial charge on any atom is 0.338 e. The van der Waals surface area contributed by atoms with Gasteiger partial charge in [-0.2, -0.15) is 5.10 Å². The predicted octanol–water partition coefficient (Wildman–Crippen LogP) is 2.96. The molecule has 2 atom stereocenters. The van der Waals surface area contributed by atoms with E-state index in [1.807, 2.05) is 4.90 Å². The second-order valence-corrected chi connectivity index (χ2v) is 7.97. The van der Waals surface area contributed by atoms with Crippen molar-refractivity contribution in [2.24, 2.45) is 17.8 Å². The van der Waals surface area contributed by atoms with Gasteiger partial charge in [-0.25, -0.2) is 4.79 Å². The first kappa shape index (κ1) is 16.6. The average Bonchev–Trinajstić information content (AvgIpc) is 3.29. The van der Waals surface area contributed by atoms with E-state index in [9.17, 15) is 9.59 Å². The van der Waals surface area contributed by atoms with Crippen molar-refractivity contribution in [1.29, 1.82) is 0 Å². The molecule has 0 spiro atoms. The number of carboxylic acid groups (broad SMARTS) is 1. The van der Waals surface area contributed by atoms with Crippen molar-refractivity contribution in [3.63, 3.8) is 0 Å². The van der Waals surface area contributed by atoms with Gasteiger partial charge in [0.25, 0.3) is 0 Å². The zero-order valence-electron chi connectivity index (χ0n) is 14.6. The molecule has 1 aromatic heterocycles. The quantitative estimate of drug-likeness (QED) is 0.910. The largest absolute Gasteiger partial charge is 0.478 e. The highest BCUT2D eigenvalue weighted by molar-refractivity contribution is 5.86. The molecule has 0 radical (unpaired) electrons. The summed E-state index contributed by atoms with van der Waals surface area (Å²) in [6.45, 7) is 1.53. The highest BCUT2D eigenvalue weighted by Gasteiger charge is 2.49. The standard InChI is InChI=1S/C19H27N3O3/c23-18(17-10-16(17)13-4-2-1-3-5-13)21-8-6-15(7-9-21)22-12-14(11-20-22)19(24)25/h11-13,15-17H,1-10H2,(H,24,25). The normalized spacial score (nSPS) is 28.1. The number of carbonyl (C=O) groups excluding carboxylic acids is 1. The molecule has 2 aliphatic carbocycles. The number of nitrogens with zero attached hydrogens (tertiary/aromatic N) is 3. The van der Waals surface area contributed by atoms with Gasteiger partial charge >= 0.3 is 5.97 Å². The molecule has 0 bridgehead atoms. The Morgan fingerprint density at radius 1 is 1.08 bits per heavy atom. The number of piperidine rings is 1. The Morgan fingerprint density at radius 2 is 1.80 bits per heavy atom. The van der Waals surface area contributed by atoms with Gasteiger partial charge in [-0.1, -0.05) is 32.1 Å². The molecule has 136 valence electrons. The van der Waals surface area contributed by atoms with Crippen LogP contribution in [0.15, 0.2) is 12.4 Å². The van der Waals surface area contributed by atoms with Crippen LogP contribution in [0, 0.1) is 17.8 Å². The van der Waals surface area contributed by atoms with Crippen LogP contribution < -0.4 is 0 Å². The summed E-state index contributed by atoms with van der Waals surface area (Å²) in [6, 6.07) is 0.200. The van der Waals surface area contributed by atoms with Gasteiger partial charge in [-0.15, -0.1) is 0 Å². The van der Waals surface area contributed by atoms with Crippen LogP contribution in [0.2, 0.25) is 0 Å². The molecule has 2 saturated carbocycles. The Balaban J connectivity index is 1.28. The van der Waals surface area contributed by atoms with E-state index in [4.69, 9.17) is 5.11 Å². The number of amides is 1. The summed E-state index contributed by atoms with van der Waals surface area (Å²) in [4.78, 5) is 25.8. The number of carbonyl (C=O) groups is 2.